The van der Waals surface area contributed by atoms with Gasteiger partial charge in [-0.2, -0.15) is 0 Å². The average Bonchev–Trinajstić information content (AvgIpc) is 3.10. The zero-order valence-electron chi connectivity index (χ0n) is 15.3. The molecule has 1 aromatic carbocycles. The summed E-state index contributed by atoms with van der Waals surface area (Å²) in [6, 6.07) is 10.1. The molecule has 0 aliphatic carbocycles. The van der Waals surface area contributed by atoms with Crippen molar-refractivity contribution in [2.75, 3.05) is 31.5 Å². The number of anilines is 1. The molecule has 1 saturated heterocycles. The van der Waals surface area contributed by atoms with Gasteiger partial charge >= 0.3 is 6.03 Å². The molecule has 2 heterocycles. The maximum Gasteiger partial charge on any atom is 0.321 e. The Kier molecular flexibility index (Phi) is 5.43. The lowest BCUT2D eigenvalue weighted by molar-refractivity contribution is 0.137. The van der Waals surface area contributed by atoms with E-state index in [9.17, 15) is 4.79 Å². The fraction of sp³-hybridized carbons (Fsp3) is 0.450. The predicted molar refractivity (Wildman–Crippen MR) is 99.8 cm³/mol. The van der Waals surface area contributed by atoms with Gasteiger partial charge in [0.25, 0.3) is 0 Å². The van der Waals surface area contributed by atoms with E-state index in [4.69, 9.17) is 4.42 Å². The largest absolute Gasteiger partial charge is 0.468 e. The molecule has 1 fully saturated rings. The maximum absolute atomic E-state index is 12.7. The minimum atomic E-state index is -0.00570. The molecule has 134 valence electrons. The zero-order chi connectivity index (χ0) is 17.8. The summed E-state index contributed by atoms with van der Waals surface area (Å²) in [6.07, 6.45) is 1.70. The first kappa shape index (κ1) is 17.5. The van der Waals surface area contributed by atoms with Crippen molar-refractivity contribution in [1.82, 2.24) is 9.80 Å². The number of benzene rings is 1. The average molecular weight is 341 g/mol. The van der Waals surface area contributed by atoms with E-state index in [0.717, 1.165) is 49.7 Å². The molecule has 0 radical (unpaired) electrons. The van der Waals surface area contributed by atoms with Crippen LogP contribution in [-0.4, -0.2) is 42.0 Å². The number of piperazine rings is 1. The summed E-state index contributed by atoms with van der Waals surface area (Å²) in [4.78, 5) is 16.9. The van der Waals surface area contributed by atoms with Crippen LogP contribution in [0.4, 0.5) is 10.5 Å². The summed E-state index contributed by atoms with van der Waals surface area (Å²) in [5.74, 6) is 1.35. The van der Waals surface area contributed by atoms with E-state index in [1.807, 2.05) is 36.1 Å². The standard InChI is InChI=1S/C20H27N3O2/c1-15(2)18-8-4-6-16(3)19(18)21-20(24)23-11-9-22(10-12-23)14-17-7-5-13-25-17/h4-8,13,15H,9-12,14H2,1-3H3,(H,21,24). The highest BCUT2D eigenvalue weighted by molar-refractivity contribution is 5.91. The smallest absolute Gasteiger partial charge is 0.321 e. The van der Waals surface area contributed by atoms with E-state index in [-0.39, 0.29) is 6.03 Å². The van der Waals surface area contributed by atoms with Crippen molar-refractivity contribution in [3.8, 4) is 0 Å². The molecule has 2 amide bonds. The highest BCUT2D eigenvalue weighted by atomic mass is 16.3. The summed E-state index contributed by atoms with van der Waals surface area (Å²) >= 11 is 0. The van der Waals surface area contributed by atoms with Crippen LogP contribution in [0.2, 0.25) is 0 Å². The lowest BCUT2D eigenvalue weighted by Gasteiger charge is -2.34. The Bertz CT molecular complexity index is 702. The third-order valence-corrected chi connectivity index (χ3v) is 4.78. The van der Waals surface area contributed by atoms with E-state index >= 15 is 0 Å². The summed E-state index contributed by atoms with van der Waals surface area (Å²) in [7, 11) is 0. The van der Waals surface area contributed by atoms with Crippen LogP contribution in [-0.2, 0) is 6.54 Å². The lowest BCUT2D eigenvalue weighted by atomic mass is 9.98. The van der Waals surface area contributed by atoms with E-state index in [1.165, 1.54) is 5.56 Å². The van der Waals surface area contributed by atoms with Crippen LogP contribution >= 0.6 is 0 Å². The van der Waals surface area contributed by atoms with Crippen molar-refractivity contribution in [1.29, 1.82) is 0 Å². The molecule has 5 heteroatoms. The summed E-state index contributed by atoms with van der Waals surface area (Å²) in [5, 5.41) is 3.14. The van der Waals surface area contributed by atoms with E-state index in [1.54, 1.807) is 6.26 Å². The maximum atomic E-state index is 12.7. The minimum absolute atomic E-state index is 0.00570. The molecule has 0 saturated carbocycles. The second-order valence-corrected chi connectivity index (χ2v) is 6.97. The Labute approximate surface area is 149 Å². The Morgan fingerprint density at radius 2 is 1.92 bits per heavy atom. The van der Waals surface area contributed by atoms with E-state index < -0.39 is 0 Å². The molecule has 0 spiro atoms. The monoisotopic (exact) mass is 341 g/mol. The Balaban J connectivity index is 1.58. The molecule has 0 unspecified atom stereocenters. The van der Waals surface area contributed by atoms with E-state index in [2.05, 4.69) is 30.1 Å². The van der Waals surface area contributed by atoms with Gasteiger partial charge in [0.05, 0.1) is 12.8 Å². The van der Waals surface area contributed by atoms with Crippen LogP contribution in [0.1, 0.15) is 36.7 Å². The van der Waals surface area contributed by atoms with Crippen molar-refractivity contribution in [2.45, 2.75) is 33.2 Å². The lowest BCUT2D eigenvalue weighted by Crippen LogP contribution is -2.49. The second kappa shape index (κ2) is 7.74. The molecule has 1 aliphatic rings. The van der Waals surface area contributed by atoms with Crippen LogP contribution in [0, 0.1) is 6.92 Å². The number of carbonyl (C=O) groups excluding carboxylic acids is 1. The summed E-state index contributed by atoms with van der Waals surface area (Å²) < 4.78 is 5.40. The number of rotatable bonds is 4. The van der Waals surface area contributed by atoms with Gasteiger partial charge in [-0.3, -0.25) is 4.90 Å². The third-order valence-electron chi connectivity index (χ3n) is 4.78. The quantitative estimate of drug-likeness (QED) is 0.912. The second-order valence-electron chi connectivity index (χ2n) is 6.97. The first-order chi connectivity index (χ1) is 12.0. The van der Waals surface area contributed by atoms with Gasteiger partial charge in [-0.05, 0) is 36.1 Å². The molecule has 3 rings (SSSR count). The molecule has 2 aromatic rings. The first-order valence-corrected chi connectivity index (χ1v) is 8.94. The van der Waals surface area contributed by atoms with Crippen molar-refractivity contribution in [3.63, 3.8) is 0 Å². The van der Waals surface area contributed by atoms with Crippen molar-refractivity contribution in [3.05, 3.63) is 53.5 Å². The number of nitrogens with zero attached hydrogens (tertiary/aromatic N) is 2. The van der Waals surface area contributed by atoms with Crippen molar-refractivity contribution < 1.29 is 9.21 Å². The molecule has 5 nitrogen and oxygen atoms in total. The third kappa shape index (κ3) is 4.23. The van der Waals surface area contributed by atoms with Crippen LogP contribution in [0.3, 0.4) is 0 Å². The number of hydrogen-bond donors (Lipinski definition) is 1. The van der Waals surface area contributed by atoms with Gasteiger partial charge < -0.3 is 14.6 Å². The van der Waals surface area contributed by atoms with Gasteiger partial charge in [0.15, 0.2) is 0 Å². The van der Waals surface area contributed by atoms with Crippen LogP contribution in [0.25, 0.3) is 0 Å². The fourth-order valence-electron chi connectivity index (χ4n) is 3.26. The number of amides is 2. The summed E-state index contributed by atoms with van der Waals surface area (Å²) in [5.41, 5.74) is 3.25. The zero-order valence-corrected chi connectivity index (χ0v) is 15.3. The topological polar surface area (TPSA) is 48.7 Å². The Morgan fingerprint density at radius 1 is 1.16 bits per heavy atom. The fourth-order valence-corrected chi connectivity index (χ4v) is 3.26. The number of carbonyl (C=O) groups is 1. The molecular formula is C20H27N3O2. The van der Waals surface area contributed by atoms with Gasteiger partial charge in [0.2, 0.25) is 0 Å². The molecule has 1 aliphatic heterocycles. The van der Waals surface area contributed by atoms with Crippen LogP contribution < -0.4 is 5.32 Å². The van der Waals surface area contributed by atoms with Crippen LogP contribution in [0.5, 0.6) is 0 Å². The molecule has 0 atom stereocenters. The van der Waals surface area contributed by atoms with Gasteiger partial charge in [0.1, 0.15) is 5.76 Å². The van der Waals surface area contributed by atoms with E-state index in [0.29, 0.717) is 5.92 Å². The van der Waals surface area contributed by atoms with Gasteiger partial charge in [0, 0.05) is 31.9 Å². The molecule has 0 bridgehead atoms. The number of furan rings is 1. The van der Waals surface area contributed by atoms with Crippen molar-refractivity contribution in [2.24, 2.45) is 0 Å². The van der Waals surface area contributed by atoms with Gasteiger partial charge in [-0.15, -0.1) is 0 Å². The highest BCUT2D eigenvalue weighted by Gasteiger charge is 2.23. The Hall–Kier alpha value is -2.27. The first-order valence-electron chi connectivity index (χ1n) is 8.94. The number of urea groups is 1. The SMILES string of the molecule is Cc1cccc(C(C)C)c1NC(=O)N1CCN(Cc2ccco2)CC1. The Morgan fingerprint density at radius 3 is 2.56 bits per heavy atom. The predicted octanol–water partition coefficient (Wildman–Crippen LogP) is 4.06. The molecule has 25 heavy (non-hydrogen) atoms. The number of aryl methyl sites for hydroxylation is 1. The number of hydrogen-bond acceptors (Lipinski definition) is 3. The van der Waals surface area contributed by atoms with Crippen LogP contribution in [0.15, 0.2) is 41.0 Å². The normalized spacial score (nSPS) is 15.6. The summed E-state index contributed by atoms with van der Waals surface area (Å²) in [6.45, 7) is 10.3. The minimum Gasteiger partial charge on any atom is -0.468 e. The molecular weight excluding hydrogens is 314 g/mol. The molecule has 1 N–H and O–H groups in total. The number of para-hydroxylation sites is 1. The number of nitrogens with one attached hydrogen (secondary N) is 1. The van der Waals surface area contributed by atoms with Crippen molar-refractivity contribution >= 4 is 11.7 Å². The molecule has 1 aromatic heterocycles. The van der Waals surface area contributed by atoms with Gasteiger partial charge in [-0.25, -0.2) is 4.79 Å². The van der Waals surface area contributed by atoms with Gasteiger partial charge in [-0.1, -0.05) is 32.0 Å². The highest BCUT2D eigenvalue weighted by Crippen LogP contribution is 2.27.